The summed E-state index contributed by atoms with van der Waals surface area (Å²) >= 11 is 7.31. The first-order chi connectivity index (χ1) is 16.3. The number of thiocarbonyl (C=S) groups is 1. The zero-order valence-electron chi connectivity index (χ0n) is 17.6. The first-order valence-electron chi connectivity index (χ1n) is 9.98. The summed E-state index contributed by atoms with van der Waals surface area (Å²) in [6.07, 6.45) is -6.98. The Bertz CT molecular complexity index is 1140. The highest BCUT2D eigenvalue weighted by atomic mass is 32.2. The number of pyridine rings is 1. The van der Waals surface area contributed by atoms with Crippen LogP contribution in [0.2, 0.25) is 0 Å². The summed E-state index contributed by atoms with van der Waals surface area (Å²) in [5, 5.41) is 10.1. The van der Waals surface area contributed by atoms with Crippen LogP contribution in [0.15, 0.2) is 28.5 Å². The lowest BCUT2D eigenvalue weighted by Gasteiger charge is -2.13. The Morgan fingerprint density at radius 2 is 1.66 bits per heavy atom. The number of rotatable bonds is 8. The van der Waals surface area contributed by atoms with Gasteiger partial charge in [-0.2, -0.15) is 26.3 Å². The SMILES string of the molecule is O=C(O)CCCCCN1C(=O)/C(=C/c2cc(-c3cc(C(F)(F)F)nc(C(F)(F)F)c3)cs2)SC1=S. The van der Waals surface area contributed by atoms with Gasteiger partial charge in [-0.15, -0.1) is 11.3 Å². The summed E-state index contributed by atoms with van der Waals surface area (Å²) in [5.74, 6) is -1.26. The van der Waals surface area contributed by atoms with Crippen molar-refractivity contribution in [3.05, 3.63) is 44.7 Å². The average Bonchev–Trinajstić information content (AvgIpc) is 3.31. The number of carboxylic acids is 1. The van der Waals surface area contributed by atoms with Gasteiger partial charge in [0.15, 0.2) is 0 Å². The molecule has 2 aromatic heterocycles. The quantitative estimate of drug-likeness (QED) is 0.170. The number of amides is 1. The number of thiophene rings is 1. The molecule has 0 bridgehead atoms. The van der Waals surface area contributed by atoms with E-state index in [4.69, 9.17) is 17.3 Å². The molecule has 1 N–H and O–H groups in total. The minimum Gasteiger partial charge on any atom is -0.481 e. The Labute approximate surface area is 208 Å². The van der Waals surface area contributed by atoms with Gasteiger partial charge in [0, 0.05) is 17.8 Å². The molecule has 0 spiro atoms. The van der Waals surface area contributed by atoms with Crippen molar-refractivity contribution in [3.8, 4) is 11.1 Å². The molecule has 5 nitrogen and oxygen atoms in total. The molecule has 1 fully saturated rings. The molecule has 3 heterocycles. The number of alkyl halides is 6. The molecule has 35 heavy (non-hydrogen) atoms. The maximum Gasteiger partial charge on any atom is 0.433 e. The Hall–Kier alpha value is -2.45. The van der Waals surface area contributed by atoms with Gasteiger partial charge < -0.3 is 5.11 Å². The number of nitrogens with zero attached hydrogens (tertiary/aromatic N) is 2. The van der Waals surface area contributed by atoms with Crippen molar-refractivity contribution in [1.29, 1.82) is 0 Å². The van der Waals surface area contributed by atoms with Crippen LogP contribution in [0.4, 0.5) is 26.3 Å². The fraction of sp³-hybridized carbons (Fsp3) is 0.333. The molecule has 2 aromatic rings. The lowest BCUT2D eigenvalue weighted by molar-refractivity contribution is -0.150. The summed E-state index contributed by atoms with van der Waals surface area (Å²) in [6.45, 7) is 0.314. The van der Waals surface area contributed by atoms with Crippen LogP contribution in [0, 0.1) is 0 Å². The number of aliphatic carboxylic acids is 1. The van der Waals surface area contributed by atoms with Crippen LogP contribution in [-0.2, 0) is 21.9 Å². The van der Waals surface area contributed by atoms with Crippen molar-refractivity contribution in [2.45, 2.75) is 38.0 Å². The van der Waals surface area contributed by atoms with Crippen LogP contribution in [0.5, 0.6) is 0 Å². The summed E-state index contributed by atoms with van der Waals surface area (Å²) in [6, 6.07) is 2.48. The van der Waals surface area contributed by atoms with Gasteiger partial charge in [0.1, 0.15) is 15.7 Å². The van der Waals surface area contributed by atoms with Crippen molar-refractivity contribution in [2.75, 3.05) is 6.54 Å². The third-order valence-corrected chi connectivity index (χ3v) is 7.04. The topological polar surface area (TPSA) is 70.5 Å². The minimum atomic E-state index is -5.06. The normalized spacial score (nSPS) is 15.9. The molecule has 1 aliphatic heterocycles. The molecular formula is C21H16F6N2O3S3. The highest BCUT2D eigenvalue weighted by molar-refractivity contribution is 8.26. The molecule has 1 amide bonds. The summed E-state index contributed by atoms with van der Waals surface area (Å²) in [4.78, 5) is 28.0. The molecule has 0 unspecified atom stereocenters. The van der Waals surface area contributed by atoms with E-state index in [1.54, 1.807) is 0 Å². The first kappa shape index (κ1) is 27.1. The number of hydrogen-bond acceptors (Lipinski definition) is 6. The molecule has 1 aliphatic rings. The fourth-order valence-electron chi connectivity index (χ4n) is 3.11. The predicted octanol–water partition coefficient (Wildman–Crippen LogP) is 6.69. The molecule has 0 atom stereocenters. The van der Waals surface area contributed by atoms with Gasteiger partial charge in [-0.25, -0.2) is 4.98 Å². The molecule has 0 radical (unpaired) electrons. The van der Waals surface area contributed by atoms with Crippen molar-refractivity contribution in [2.24, 2.45) is 0 Å². The van der Waals surface area contributed by atoms with Crippen LogP contribution in [-0.4, -0.2) is 37.7 Å². The molecule has 3 rings (SSSR count). The van der Waals surface area contributed by atoms with E-state index >= 15 is 0 Å². The van der Waals surface area contributed by atoms with Crippen molar-refractivity contribution < 1.29 is 41.0 Å². The third kappa shape index (κ3) is 7.04. The van der Waals surface area contributed by atoms with Gasteiger partial charge in [0.2, 0.25) is 0 Å². The zero-order valence-corrected chi connectivity index (χ0v) is 20.0. The Morgan fingerprint density at radius 3 is 2.23 bits per heavy atom. The van der Waals surface area contributed by atoms with E-state index in [1.807, 2.05) is 0 Å². The largest absolute Gasteiger partial charge is 0.481 e. The van der Waals surface area contributed by atoms with Gasteiger partial charge in [-0.05, 0) is 53.6 Å². The second-order valence-corrected chi connectivity index (χ2v) is 10.0. The second kappa shape index (κ2) is 10.7. The summed E-state index contributed by atoms with van der Waals surface area (Å²) < 4.78 is 78.9. The highest BCUT2D eigenvalue weighted by Gasteiger charge is 2.39. The van der Waals surface area contributed by atoms with E-state index in [2.05, 4.69) is 4.98 Å². The van der Waals surface area contributed by atoms with Gasteiger partial charge in [-0.3, -0.25) is 14.5 Å². The van der Waals surface area contributed by atoms with E-state index in [0.717, 1.165) is 23.1 Å². The van der Waals surface area contributed by atoms with Crippen LogP contribution >= 0.6 is 35.3 Å². The average molecular weight is 555 g/mol. The Balaban J connectivity index is 1.78. The maximum absolute atomic E-state index is 13.1. The molecule has 0 aliphatic carbocycles. The van der Waals surface area contributed by atoms with E-state index < -0.39 is 29.7 Å². The standard InChI is InChI=1S/C21H16F6N2O3S3/c22-20(23,24)15-7-11(8-16(28-15)21(25,26)27)12-6-13(34-10-12)9-14-18(32)29(19(33)35-14)5-3-1-2-4-17(30)31/h6-10H,1-5H2,(H,30,31)/b14-9-. The Morgan fingerprint density at radius 1 is 1.03 bits per heavy atom. The van der Waals surface area contributed by atoms with Crippen LogP contribution in [0.3, 0.4) is 0 Å². The number of unbranched alkanes of at least 4 members (excludes halogenated alkanes) is 2. The van der Waals surface area contributed by atoms with Crippen molar-refractivity contribution in [1.82, 2.24) is 9.88 Å². The van der Waals surface area contributed by atoms with Gasteiger partial charge in [0.05, 0.1) is 4.91 Å². The number of thioether (sulfide) groups is 1. The zero-order chi connectivity index (χ0) is 26.0. The summed E-state index contributed by atoms with van der Waals surface area (Å²) in [7, 11) is 0. The second-order valence-electron chi connectivity index (χ2n) is 7.40. The number of carboxylic acid groups (broad SMARTS) is 1. The first-order valence-corrected chi connectivity index (χ1v) is 12.1. The van der Waals surface area contributed by atoms with Gasteiger partial charge in [0.25, 0.3) is 5.91 Å². The molecular weight excluding hydrogens is 538 g/mol. The minimum absolute atomic E-state index is 0.0331. The van der Waals surface area contributed by atoms with Crippen LogP contribution in [0.25, 0.3) is 17.2 Å². The van der Waals surface area contributed by atoms with E-state index in [-0.39, 0.29) is 28.4 Å². The summed E-state index contributed by atoms with van der Waals surface area (Å²) in [5.41, 5.74) is -3.49. The third-order valence-electron chi connectivity index (χ3n) is 4.78. The smallest absolute Gasteiger partial charge is 0.433 e. The molecule has 188 valence electrons. The number of carbonyl (C=O) groups excluding carboxylic acids is 1. The highest BCUT2D eigenvalue weighted by Crippen LogP contribution is 2.39. The lowest BCUT2D eigenvalue weighted by Crippen LogP contribution is -2.29. The number of carbonyl (C=O) groups is 2. The van der Waals surface area contributed by atoms with E-state index in [0.29, 0.717) is 47.1 Å². The van der Waals surface area contributed by atoms with Crippen LogP contribution in [0.1, 0.15) is 41.9 Å². The molecule has 1 saturated heterocycles. The van der Waals surface area contributed by atoms with Crippen molar-refractivity contribution in [3.63, 3.8) is 0 Å². The number of hydrogen-bond donors (Lipinski definition) is 1. The Kier molecular flexibility index (Phi) is 8.27. The molecule has 14 heteroatoms. The van der Waals surface area contributed by atoms with E-state index in [9.17, 15) is 35.9 Å². The van der Waals surface area contributed by atoms with Crippen molar-refractivity contribution >= 4 is 57.6 Å². The monoisotopic (exact) mass is 554 g/mol. The van der Waals surface area contributed by atoms with Gasteiger partial charge in [-0.1, -0.05) is 30.4 Å². The predicted molar refractivity (Wildman–Crippen MR) is 124 cm³/mol. The van der Waals surface area contributed by atoms with E-state index in [1.165, 1.54) is 22.4 Å². The fourth-order valence-corrected chi connectivity index (χ4v) is 5.33. The number of aromatic nitrogens is 1. The maximum atomic E-state index is 13.1. The van der Waals surface area contributed by atoms with Crippen LogP contribution < -0.4 is 0 Å². The molecule has 0 saturated carbocycles. The van der Waals surface area contributed by atoms with Gasteiger partial charge >= 0.3 is 18.3 Å². The molecule has 0 aromatic carbocycles. The number of halogens is 6. The lowest BCUT2D eigenvalue weighted by atomic mass is 10.1.